The molecule has 0 spiro atoms. The van der Waals surface area contributed by atoms with Gasteiger partial charge in [-0.1, -0.05) is 6.92 Å². The molecule has 2 rings (SSSR count). The molecule has 10 nitrogen and oxygen atoms in total. The van der Waals surface area contributed by atoms with E-state index >= 15 is 0 Å². The highest BCUT2D eigenvalue weighted by Gasteiger charge is 2.21. The van der Waals surface area contributed by atoms with Gasteiger partial charge >= 0.3 is 0 Å². The second-order valence-corrected chi connectivity index (χ2v) is 8.90. The van der Waals surface area contributed by atoms with Gasteiger partial charge in [-0.15, -0.1) is 24.0 Å². The molecule has 0 unspecified atom stereocenters. The minimum Gasteiger partial charge on any atom is -0.355 e. The van der Waals surface area contributed by atoms with Crippen LogP contribution in [0, 0.1) is 0 Å². The van der Waals surface area contributed by atoms with Crippen LogP contribution < -0.4 is 20.7 Å². The number of sulfonamides is 1. The van der Waals surface area contributed by atoms with Gasteiger partial charge in [-0.2, -0.15) is 0 Å². The number of guanidine groups is 1. The minimum atomic E-state index is -3.57. The number of likely N-dealkylation sites (tertiary alicyclic amines) is 1. The van der Waals surface area contributed by atoms with Crippen LogP contribution in [0.1, 0.15) is 26.2 Å². The SMILES string of the molecule is CCCNC(=O)CN1CCC(NC(=NC)NCCNS(=O)(=O)c2cccnc2)CC1.I. The Hall–Kier alpha value is -1.51. The predicted octanol–water partition coefficient (Wildman–Crippen LogP) is 0.134. The Morgan fingerprint density at radius 2 is 1.97 bits per heavy atom. The first-order chi connectivity index (χ1) is 14.4. The molecule has 1 aliphatic rings. The maximum atomic E-state index is 12.2. The van der Waals surface area contributed by atoms with Crippen LogP contribution in [0.4, 0.5) is 0 Å². The molecule has 1 fully saturated rings. The van der Waals surface area contributed by atoms with Crippen molar-refractivity contribution in [1.29, 1.82) is 0 Å². The molecular weight excluding hydrogens is 533 g/mol. The van der Waals surface area contributed by atoms with Gasteiger partial charge in [-0.3, -0.25) is 19.7 Å². The van der Waals surface area contributed by atoms with Gasteiger partial charge in [0.2, 0.25) is 15.9 Å². The molecule has 0 aliphatic carbocycles. The molecule has 31 heavy (non-hydrogen) atoms. The molecule has 0 saturated carbocycles. The monoisotopic (exact) mass is 567 g/mol. The summed E-state index contributed by atoms with van der Waals surface area (Å²) in [6.45, 7) is 5.51. The van der Waals surface area contributed by atoms with Gasteiger partial charge in [0.15, 0.2) is 5.96 Å². The number of rotatable bonds is 10. The lowest BCUT2D eigenvalue weighted by atomic mass is 10.1. The Kier molecular flexibility index (Phi) is 12.9. The summed E-state index contributed by atoms with van der Waals surface area (Å²) in [6, 6.07) is 3.35. The van der Waals surface area contributed by atoms with Crippen LogP contribution in [0.2, 0.25) is 0 Å². The lowest BCUT2D eigenvalue weighted by Crippen LogP contribution is -2.50. The Labute approximate surface area is 202 Å². The number of carbonyl (C=O) groups excluding carboxylic acids is 1. The van der Waals surface area contributed by atoms with E-state index in [2.05, 4.69) is 35.5 Å². The zero-order chi connectivity index (χ0) is 21.8. The summed E-state index contributed by atoms with van der Waals surface area (Å²) in [6.07, 6.45) is 5.61. The van der Waals surface area contributed by atoms with E-state index in [1.165, 1.54) is 18.5 Å². The van der Waals surface area contributed by atoms with Gasteiger partial charge in [0, 0.05) is 58.2 Å². The number of hydrogen-bond donors (Lipinski definition) is 4. The molecule has 0 bridgehead atoms. The number of nitrogens with one attached hydrogen (secondary N) is 4. The Morgan fingerprint density at radius 1 is 1.23 bits per heavy atom. The van der Waals surface area contributed by atoms with E-state index in [0.717, 1.165) is 38.9 Å². The molecule has 1 aliphatic heterocycles. The minimum absolute atomic E-state index is 0. The molecule has 1 saturated heterocycles. The maximum Gasteiger partial charge on any atom is 0.242 e. The number of halogens is 1. The average molecular weight is 567 g/mol. The molecule has 0 aromatic carbocycles. The number of piperidine rings is 1. The third kappa shape index (κ3) is 10.1. The van der Waals surface area contributed by atoms with Crippen molar-refractivity contribution in [2.45, 2.75) is 37.1 Å². The van der Waals surface area contributed by atoms with Gasteiger partial charge in [0.1, 0.15) is 4.90 Å². The summed E-state index contributed by atoms with van der Waals surface area (Å²) in [4.78, 5) is 22.2. The Bertz CT molecular complexity index is 785. The zero-order valence-electron chi connectivity index (χ0n) is 18.1. The molecule has 2 heterocycles. The largest absolute Gasteiger partial charge is 0.355 e. The van der Waals surface area contributed by atoms with Gasteiger partial charge in [-0.25, -0.2) is 13.1 Å². The van der Waals surface area contributed by atoms with Crippen molar-refractivity contribution in [3.63, 3.8) is 0 Å². The van der Waals surface area contributed by atoms with Crippen LogP contribution in [0.15, 0.2) is 34.4 Å². The molecule has 12 heteroatoms. The first-order valence-corrected chi connectivity index (χ1v) is 11.8. The van der Waals surface area contributed by atoms with Gasteiger partial charge in [0.25, 0.3) is 0 Å². The molecule has 4 N–H and O–H groups in total. The van der Waals surface area contributed by atoms with E-state index in [1.807, 2.05) is 6.92 Å². The second-order valence-electron chi connectivity index (χ2n) is 7.13. The van der Waals surface area contributed by atoms with Crippen molar-refractivity contribution in [3.8, 4) is 0 Å². The zero-order valence-corrected chi connectivity index (χ0v) is 21.3. The van der Waals surface area contributed by atoms with Crippen molar-refractivity contribution in [2.75, 3.05) is 46.3 Å². The molecule has 0 radical (unpaired) electrons. The van der Waals surface area contributed by atoms with E-state index in [1.54, 1.807) is 13.1 Å². The van der Waals surface area contributed by atoms with E-state index in [-0.39, 0.29) is 47.4 Å². The van der Waals surface area contributed by atoms with Crippen LogP contribution in [-0.4, -0.2) is 82.5 Å². The van der Waals surface area contributed by atoms with Crippen molar-refractivity contribution < 1.29 is 13.2 Å². The summed E-state index contributed by atoms with van der Waals surface area (Å²) in [7, 11) is -1.88. The van der Waals surface area contributed by atoms with Gasteiger partial charge < -0.3 is 16.0 Å². The summed E-state index contributed by atoms with van der Waals surface area (Å²) < 4.78 is 26.9. The number of aromatic nitrogens is 1. The average Bonchev–Trinajstić information content (AvgIpc) is 2.76. The van der Waals surface area contributed by atoms with E-state index in [9.17, 15) is 13.2 Å². The van der Waals surface area contributed by atoms with Gasteiger partial charge in [0.05, 0.1) is 6.54 Å². The molecule has 1 amide bonds. The highest BCUT2D eigenvalue weighted by Crippen LogP contribution is 2.10. The van der Waals surface area contributed by atoms with Gasteiger partial charge in [-0.05, 0) is 31.4 Å². The predicted molar refractivity (Wildman–Crippen MR) is 132 cm³/mol. The van der Waals surface area contributed by atoms with Crippen molar-refractivity contribution in [2.24, 2.45) is 4.99 Å². The first-order valence-electron chi connectivity index (χ1n) is 10.3. The quantitative estimate of drug-likeness (QED) is 0.137. The molecule has 1 aromatic heterocycles. The first kappa shape index (κ1) is 27.5. The maximum absolute atomic E-state index is 12.2. The molecule has 0 atom stereocenters. The van der Waals surface area contributed by atoms with Crippen LogP contribution in [0.3, 0.4) is 0 Å². The second kappa shape index (κ2) is 14.5. The Morgan fingerprint density at radius 3 is 2.58 bits per heavy atom. The highest BCUT2D eigenvalue weighted by molar-refractivity contribution is 14.0. The van der Waals surface area contributed by atoms with Crippen LogP contribution in [-0.2, 0) is 14.8 Å². The number of pyridine rings is 1. The fourth-order valence-electron chi connectivity index (χ4n) is 3.10. The topological polar surface area (TPSA) is 128 Å². The van der Waals surface area contributed by atoms with Crippen LogP contribution in [0.25, 0.3) is 0 Å². The van der Waals surface area contributed by atoms with E-state index in [4.69, 9.17) is 0 Å². The fourth-order valence-corrected chi connectivity index (χ4v) is 4.10. The smallest absolute Gasteiger partial charge is 0.242 e. The van der Waals surface area contributed by atoms with Crippen LogP contribution >= 0.6 is 24.0 Å². The normalized spacial score (nSPS) is 15.7. The summed E-state index contributed by atoms with van der Waals surface area (Å²) >= 11 is 0. The molecule has 176 valence electrons. The standard InChI is InChI=1S/C19H33N7O3S.HI/c1-3-8-22-18(27)15-26-12-6-16(7-13-26)25-19(20-2)23-10-11-24-30(28,29)17-5-4-9-21-14-17;/h4-5,9,14,16,24H,3,6-8,10-13,15H2,1-2H3,(H,22,27)(H2,20,23,25);1H. The number of amides is 1. The van der Waals surface area contributed by atoms with E-state index in [0.29, 0.717) is 19.0 Å². The van der Waals surface area contributed by atoms with Crippen LogP contribution in [0.5, 0.6) is 0 Å². The molecule has 1 aromatic rings. The number of nitrogens with zero attached hydrogens (tertiary/aromatic N) is 3. The fraction of sp³-hybridized carbons (Fsp3) is 0.632. The third-order valence-electron chi connectivity index (χ3n) is 4.75. The molecular formula is C19H34IN7O3S. The summed E-state index contributed by atoms with van der Waals surface area (Å²) in [5, 5.41) is 9.40. The number of carbonyl (C=O) groups is 1. The Balaban J connectivity index is 0.00000480. The summed E-state index contributed by atoms with van der Waals surface area (Å²) in [5.74, 6) is 0.712. The lowest BCUT2D eigenvalue weighted by Gasteiger charge is -2.32. The highest BCUT2D eigenvalue weighted by atomic mass is 127. The van der Waals surface area contributed by atoms with E-state index < -0.39 is 10.0 Å². The van der Waals surface area contributed by atoms with Crippen molar-refractivity contribution in [3.05, 3.63) is 24.5 Å². The van der Waals surface area contributed by atoms with Crippen molar-refractivity contribution in [1.82, 2.24) is 30.6 Å². The number of hydrogen-bond acceptors (Lipinski definition) is 6. The van der Waals surface area contributed by atoms with Crippen molar-refractivity contribution >= 4 is 45.9 Å². The number of aliphatic imine (C=N–C) groups is 1. The summed E-state index contributed by atoms with van der Waals surface area (Å²) in [5.41, 5.74) is 0. The third-order valence-corrected chi connectivity index (χ3v) is 6.19. The lowest BCUT2D eigenvalue weighted by molar-refractivity contribution is -0.122.